The van der Waals surface area contributed by atoms with E-state index < -0.39 is 0 Å². The molecule has 0 saturated carbocycles. The van der Waals surface area contributed by atoms with Crippen molar-refractivity contribution >= 4 is 12.1 Å². The van der Waals surface area contributed by atoms with Gasteiger partial charge in [-0.1, -0.05) is 36.4 Å². The number of methoxy groups -OCH3 is 2. The van der Waals surface area contributed by atoms with Crippen LogP contribution in [0.3, 0.4) is 0 Å². The molecule has 7 nitrogen and oxygen atoms in total. The molecule has 3 aliphatic rings. The highest BCUT2D eigenvalue weighted by Crippen LogP contribution is 2.44. The molecular formula is C24H21N4O3+. The number of allylic oxidation sites excluding steroid dienone is 4. The summed E-state index contributed by atoms with van der Waals surface area (Å²) in [6, 6.07) is 13.2. The summed E-state index contributed by atoms with van der Waals surface area (Å²) < 4.78 is 17.3. The van der Waals surface area contributed by atoms with Crippen LogP contribution < -0.4 is 20.1 Å². The van der Waals surface area contributed by atoms with Gasteiger partial charge in [-0.3, -0.25) is 4.99 Å². The van der Waals surface area contributed by atoms with Crippen LogP contribution in [0.2, 0.25) is 0 Å². The fourth-order valence-electron chi connectivity index (χ4n) is 3.66. The van der Waals surface area contributed by atoms with Gasteiger partial charge < -0.3 is 14.2 Å². The van der Waals surface area contributed by atoms with Crippen LogP contribution in [-0.4, -0.2) is 30.9 Å². The van der Waals surface area contributed by atoms with Gasteiger partial charge in [-0.25, -0.2) is 0 Å². The average molecular weight is 413 g/mol. The Labute approximate surface area is 180 Å². The summed E-state index contributed by atoms with van der Waals surface area (Å²) in [5.41, 5.74) is 3.38. The van der Waals surface area contributed by atoms with E-state index in [1.807, 2.05) is 60.7 Å². The molecule has 154 valence electrons. The molecule has 0 saturated heterocycles. The second kappa shape index (κ2) is 7.39. The average Bonchev–Trinajstić information content (AvgIpc) is 3.06. The highest BCUT2D eigenvalue weighted by molar-refractivity contribution is 6.02. The van der Waals surface area contributed by atoms with Gasteiger partial charge in [0.1, 0.15) is 17.6 Å². The third-order valence-electron chi connectivity index (χ3n) is 5.30. The van der Waals surface area contributed by atoms with Crippen LogP contribution in [-0.2, 0) is 0 Å². The molecule has 2 heterocycles. The minimum atomic E-state index is -0.0881. The van der Waals surface area contributed by atoms with E-state index in [2.05, 4.69) is 4.99 Å². The summed E-state index contributed by atoms with van der Waals surface area (Å²) in [6.07, 6.45) is 11.2. The van der Waals surface area contributed by atoms with E-state index in [0.717, 1.165) is 22.5 Å². The number of aliphatic imine (C=N–C) groups is 2. The number of rotatable bonds is 6. The van der Waals surface area contributed by atoms with E-state index in [4.69, 9.17) is 25.0 Å². The Morgan fingerprint density at radius 1 is 1.00 bits per heavy atom. The molecule has 1 unspecified atom stereocenters. The molecule has 1 aliphatic carbocycles. The zero-order valence-electron chi connectivity index (χ0n) is 17.1. The summed E-state index contributed by atoms with van der Waals surface area (Å²) in [5.74, 6) is 9.62. The largest absolute Gasteiger partial charge is 0.493 e. The topological polar surface area (TPSA) is 78.4 Å². The van der Waals surface area contributed by atoms with E-state index in [0.29, 0.717) is 28.8 Å². The van der Waals surface area contributed by atoms with Gasteiger partial charge in [0.15, 0.2) is 11.5 Å². The molecule has 2 aromatic rings. The first-order chi connectivity index (χ1) is 15.1. The second-order valence-corrected chi connectivity index (χ2v) is 7.13. The number of hydrogen-bond donors (Lipinski definition) is 1. The highest BCUT2D eigenvalue weighted by atomic mass is 16.5. The lowest BCUT2D eigenvalue weighted by atomic mass is 10.0. The lowest BCUT2D eigenvalue weighted by Crippen LogP contribution is -2.53. The monoisotopic (exact) mass is 413 g/mol. The molecule has 1 atom stereocenters. The van der Waals surface area contributed by atoms with Crippen molar-refractivity contribution in [2.24, 2.45) is 15.8 Å². The van der Waals surface area contributed by atoms with E-state index in [1.54, 1.807) is 32.8 Å². The third kappa shape index (κ3) is 3.07. The Bertz CT molecular complexity index is 1210. The maximum Gasteiger partial charge on any atom is 0.265 e. The molecule has 31 heavy (non-hydrogen) atoms. The van der Waals surface area contributed by atoms with Crippen molar-refractivity contribution in [1.29, 1.82) is 0 Å². The van der Waals surface area contributed by atoms with Crippen molar-refractivity contribution in [2.75, 3.05) is 14.2 Å². The van der Waals surface area contributed by atoms with Crippen LogP contribution in [0.1, 0.15) is 5.56 Å². The quantitative estimate of drug-likeness (QED) is 0.568. The number of benzene rings is 2. The minimum Gasteiger partial charge on any atom is -0.493 e. The maximum absolute atomic E-state index is 6.80. The first-order valence-corrected chi connectivity index (χ1v) is 9.74. The lowest BCUT2D eigenvalue weighted by Gasteiger charge is -2.27. The SMILES string of the molecule is COc1cc(C2=NC(C3=CC=C3)=C3C=NC=C[N+]23N)cc(OC)c1Oc1ccccc1. The van der Waals surface area contributed by atoms with Crippen LogP contribution in [0.15, 0.2) is 100 Å². The van der Waals surface area contributed by atoms with Crippen molar-refractivity contribution in [3.63, 3.8) is 0 Å². The lowest BCUT2D eigenvalue weighted by molar-refractivity contribution is -0.750. The van der Waals surface area contributed by atoms with Crippen LogP contribution in [0.4, 0.5) is 0 Å². The van der Waals surface area contributed by atoms with E-state index in [9.17, 15) is 0 Å². The number of fused-ring (bicyclic) bond motifs is 1. The van der Waals surface area contributed by atoms with E-state index in [-0.39, 0.29) is 4.59 Å². The molecule has 2 aromatic carbocycles. The van der Waals surface area contributed by atoms with Crippen molar-refractivity contribution in [3.05, 3.63) is 95.6 Å². The number of amidine groups is 1. The van der Waals surface area contributed by atoms with Crippen LogP contribution in [0, 0.1) is 0 Å². The number of ether oxygens (including phenoxy) is 3. The van der Waals surface area contributed by atoms with E-state index >= 15 is 0 Å². The van der Waals surface area contributed by atoms with Gasteiger partial charge in [-0.05, 0) is 24.3 Å². The van der Waals surface area contributed by atoms with Crippen molar-refractivity contribution in [2.45, 2.75) is 0 Å². The number of para-hydroxylation sites is 1. The normalized spacial score (nSPS) is 20.7. The van der Waals surface area contributed by atoms with Crippen LogP contribution in [0.5, 0.6) is 23.0 Å². The molecule has 0 amide bonds. The first-order valence-electron chi connectivity index (χ1n) is 9.74. The predicted molar refractivity (Wildman–Crippen MR) is 119 cm³/mol. The molecule has 0 spiro atoms. The van der Waals surface area contributed by atoms with Crippen LogP contribution >= 0.6 is 0 Å². The van der Waals surface area contributed by atoms with Crippen molar-refractivity contribution in [3.8, 4) is 23.0 Å². The Balaban J connectivity index is 1.61. The minimum absolute atomic E-state index is 0.0881. The standard InChI is InChI=1S/C24H21N4O3/c1-29-20-13-17(14-21(30-2)23(20)31-18-9-4-3-5-10-18)24-27-22(16-7-6-8-16)19-15-26-11-12-28(19,24)25/h3-15H,25H2,1-2H3/q+1. The van der Waals surface area contributed by atoms with Crippen molar-refractivity contribution in [1.82, 2.24) is 0 Å². The Hall–Kier alpha value is -3.94. The molecule has 0 bridgehead atoms. The summed E-state index contributed by atoms with van der Waals surface area (Å²) in [6.45, 7) is 0. The number of nitrogens with zero attached hydrogens (tertiary/aromatic N) is 3. The molecular weight excluding hydrogens is 392 g/mol. The van der Waals surface area contributed by atoms with Crippen molar-refractivity contribution < 1.29 is 18.8 Å². The Morgan fingerprint density at radius 2 is 1.71 bits per heavy atom. The summed E-state index contributed by atoms with van der Waals surface area (Å²) in [5, 5.41) is 0. The predicted octanol–water partition coefficient (Wildman–Crippen LogP) is 4.21. The smallest absolute Gasteiger partial charge is 0.265 e. The van der Waals surface area contributed by atoms with Gasteiger partial charge in [0.2, 0.25) is 11.4 Å². The first kappa shape index (κ1) is 19.0. The summed E-state index contributed by atoms with van der Waals surface area (Å²) in [4.78, 5) is 9.15. The van der Waals surface area contributed by atoms with Gasteiger partial charge >= 0.3 is 0 Å². The van der Waals surface area contributed by atoms with Gasteiger partial charge in [-0.15, -0.1) is 4.59 Å². The number of nitrogens with two attached hydrogens (primary N) is 1. The Kier molecular flexibility index (Phi) is 4.54. The fourth-order valence-corrected chi connectivity index (χ4v) is 3.66. The maximum atomic E-state index is 6.80. The van der Waals surface area contributed by atoms with Crippen LogP contribution in [0.25, 0.3) is 0 Å². The zero-order chi connectivity index (χ0) is 21.4. The molecule has 0 aromatic heterocycles. The van der Waals surface area contributed by atoms with Gasteiger partial charge in [-0.2, -0.15) is 10.8 Å². The third-order valence-corrected chi connectivity index (χ3v) is 5.30. The summed E-state index contributed by atoms with van der Waals surface area (Å²) >= 11 is 0. The molecule has 0 fully saturated rings. The molecule has 5 rings (SSSR count). The zero-order valence-corrected chi connectivity index (χ0v) is 17.1. The second-order valence-electron chi connectivity index (χ2n) is 7.13. The molecule has 0 radical (unpaired) electrons. The van der Waals surface area contributed by atoms with E-state index in [1.165, 1.54) is 0 Å². The summed E-state index contributed by atoms with van der Waals surface area (Å²) in [7, 11) is 3.18. The van der Waals surface area contributed by atoms with Gasteiger partial charge in [0, 0.05) is 5.57 Å². The number of quaternary nitrogens is 1. The molecule has 2 aliphatic heterocycles. The Morgan fingerprint density at radius 3 is 2.32 bits per heavy atom. The molecule has 7 heteroatoms. The fraction of sp³-hybridized carbons (Fsp3) is 0.0833. The number of hydrogen-bond acceptors (Lipinski definition) is 6. The van der Waals surface area contributed by atoms with Gasteiger partial charge in [0.25, 0.3) is 5.84 Å². The molecule has 2 N–H and O–H groups in total. The highest BCUT2D eigenvalue weighted by Gasteiger charge is 2.45. The van der Waals surface area contributed by atoms with Gasteiger partial charge in [0.05, 0.1) is 32.2 Å².